The summed E-state index contributed by atoms with van der Waals surface area (Å²) >= 11 is 0. The first kappa shape index (κ1) is 23.0. The van der Waals surface area contributed by atoms with Gasteiger partial charge in [-0.1, -0.05) is 6.08 Å². The molecule has 1 saturated heterocycles. The van der Waals surface area contributed by atoms with E-state index in [-0.39, 0.29) is 12.4 Å². The number of hydrogen-bond acceptors (Lipinski definition) is 7. The summed E-state index contributed by atoms with van der Waals surface area (Å²) < 4.78 is 17.7. The number of nitrogens with zero attached hydrogens (tertiary/aromatic N) is 1. The van der Waals surface area contributed by atoms with Gasteiger partial charge >= 0.3 is 13.2 Å². The van der Waals surface area contributed by atoms with Crippen molar-refractivity contribution < 1.29 is 18.8 Å². The molecule has 0 radical (unpaired) electrons. The third kappa shape index (κ3) is 5.42. The zero-order chi connectivity index (χ0) is 22.2. The standard InChI is InChI=1S/C20H33BN4O4/c1-12-13(10-24-16(23)15(12)22)9-14(11-25-17(26)27-18(2,3)4)21-28-19(5,6)20(7,8)29-21/h9-10H,11,22H2,1-8H3,(H2,23,24)(H,25,26). The highest BCUT2D eigenvalue weighted by Crippen LogP contribution is 2.39. The second-order valence-corrected chi connectivity index (χ2v) is 9.30. The van der Waals surface area contributed by atoms with Gasteiger partial charge < -0.3 is 30.8 Å². The van der Waals surface area contributed by atoms with E-state index in [1.807, 2.05) is 61.5 Å². The summed E-state index contributed by atoms with van der Waals surface area (Å²) in [6.45, 7) is 15.4. The summed E-state index contributed by atoms with van der Waals surface area (Å²) in [6.07, 6.45) is 2.98. The molecule has 1 aromatic rings. The summed E-state index contributed by atoms with van der Waals surface area (Å²) in [5, 5.41) is 2.77. The van der Waals surface area contributed by atoms with Crippen LogP contribution in [0.4, 0.5) is 16.3 Å². The van der Waals surface area contributed by atoms with E-state index in [0.717, 1.165) is 11.1 Å². The molecule has 0 atom stereocenters. The number of nitrogen functional groups attached to an aromatic ring is 2. The van der Waals surface area contributed by atoms with Crippen molar-refractivity contribution in [3.8, 4) is 0 Å². The first-order valence-electron chi connectivity index (χ1n) is 9.66. The van der Waals surface area contributed by atoms with Crippen molar-refractivity contribution in [1.29, 1.82) is 0 Å². The van der Waals surface area contributed by atoms with Gasteiger partial charge in [-0.2, -0.15) is 0 Å². The van der Waals surface area contributed by atoms with Gasteiger partial charge in [-0.25, -0.2) is 9.78 Å². The SMILES string of the molecule is Cc1c(C=C(CNC(=O)OC(C)(C)C)B2OC(C)(C)C(C)(C)O2)cnc(N)c1N. The Bertz CT molecular complexity index is 799. The quantitative estimate of drug-likeness (QED) is 0.659. The maximum absolute atomic E-state index is 12.2. The zero-order valence-electron chi connectivity index (χ0n) is 18.7. The maximum Gasteiger partial charge on any atom is 0.492 e. The van der Waals surface area contributed by atoms with Crippen LogP contribution in [0.1, 0.15) is 59.6 Å². The Morgan fingerprint density at radius 2 is 1.79 bits per heavy atom. The average Bonchev–Trinajstić information content (AvgIpc) is 2.77. The molecule has 9 heteroatoms. The molecule has 0 bridgehead atoms. The molecule has 2 rings (SSSR count). The van der Waals surface area contributed by atoms with E-state index in [1.165, 1.54) is 0 Å². The van der Waals surface area contributed by atoms with Crippen molar-refractivity contribution in [3.63, 3.8) is 0 Å². The van der Waals surface area contributed by atoms with E-state index in [4.69, 9.17) is 25.5 Å². The van der Waals surface area contributed by atoms with Crippen molar-refractivity contribution in [2.24, 2.45) is 0 Å². The largest absolute Gasteiger partial charge is 0.492 e. The summed E-state index contributed by atoms with van der Waals surface area (Å²) in [5.41, 5.74) is 12.9. The fourth-order valence-electron chi connectivity index (χ4n) is 2.68. The fraction of sp³-hybridized carbons (Fsp3) is 0.600. The molecule has 160 valence electrons. The Morgan fingerprint density at radius 3 is 2.31 bits per heavy atom. The first-order chi connectivity index (χ1) is 13.1. The van der Waals surface area contributed by atoms with Crippen LogP contribution < -0.4 is 16.8 Å². The van der Waals surface area contributed by atoms with Crippen LogP contribution >= 0.6 is 0 Å². The second-order valence-electron chi connectivity index (χ2n) is 9.30. The molecule has 29 heavy (non-hydrogen) atoms. The number of hydrogen-bond donors (Lipinski definition) is 3. The number of nitrogens with two attached hydrogens (primary N) is 2. The van der Waals surface area contributed by atoms with Crippen LogP contribution in [0.25, 0.3) is 6.08 Å². The van der Waals surface area contributed by atoms with E-state index in [9.17, 15) is 4.79 Å². The lowest BCUT2D eigenvalue weighted by atomic mass is 9.76. The number of nitrogens with one attached hydrogen (secondary N) is 1. The Morgan fingerprint density at radius 1 is 1.24 bits per heavy atom. The van der Waals surface area contributed by atoms with Gasteiger partial charge in [0.25, 0.3) is 0 Å². The van der Waals surface area contributed by atoms with Crippen LogP contribution in [0.2, 0.25) is 0 Å². The third-order valence-electron chi connectivity index (χ3n) is 5.19. The van der Waals surface area contributed by atoms with Gasteiger partial charge in [0.2, 0.25) is 0 Å². The number of amides is 1. The molecule has 0 unspecified atom stereocenters. The summed E-state index contributed by atoms with van der Waals surface area (Å²) in [7, 11) is -0.645. The Hall–Kier alpha value is -2.26. The molecule has 1 aliphatic heterocycles. The lowest BCUT2D eigenvalue weighted by Gasteiger charge is -2.32. The number of pyridine rings is 1. The number of anilines is 2. The predicted molar refractivity (Wildman–Crippen MR) is 116 cm³/mol. The molecule has 0 spiro atoms. The highest BCUT2D eigenvalue weighted by molar-refractivity contribution is 6.56. The normalized spacial score (nSPS) is 18.6. The lowest BCUT2D eigenvalue weighted by molar-refractivity contribution is 0.00578. The van der Waals surface area contributed by atoms with Gasteiger partial charge in [-0.05, 0) is 72.0 Å². The van der Waals surface area contributed by atoms with Crippen LogP contribution in [0, 0.1) is 6.92 Å². The van der Waals surface area contributed by atoms with Gasteiger partial charge in [0.05, 0.1) is 16.9 Å². The van der Waals surface area contributed by atoms with Gasteiger partial charge in [-0.15, -0.1) is 0 Å². The molecule has 5 N–H and O–H groups in total. The number of carbonyl (C=O) groups excluding carboxylic acids is 1. The average molecular weight is 404 g/mol. The third-order valence-corrected chi connectivity index (χ3v) is 5.19. The number of alkyl carbamates (subject to hydrolysis) is 1. The molecule has 2 heterocycles. The zero-order valence-corrected chi connectivity index (χ0v) is 18.7. The highest BCUT2D eigenvalue weighted by atomic mass is 16.7. The molecular formula is C20H33BN4O4. The van der Waals surface area contributed by atoms with E-state index >= 15 is 0 Å². The Labute approximate surface area is 173 Å². The Kier molecular flexibility index (Phi) is 6.25. The lowest BCUT2D eigenvalue weighted by Crippen LogP contribution is -2.41. The van der Waals surface area contributed by atoms with E-state index in [0.29, 0.717) is 11.2 Å². The molecule has 0 saturated carbocycles. The second kappa shape index (κ2) is 7.87. The molecule has 0 aromatic carbocycles. The number of rotatable bonds is 4. The predicted octanol–water partition coefficient (Wildman–Crippen LogP) is 3.09. The van der Waals surface area contributed by atoms with Gasteiger partial charge in [0, 0.05) is 12.7 Å². The minimum atomic E-state index is -0.645. The molecule has 1 aliphatic rings. The fourth-order valence-corrected chi connectivity index (χ4v) is 2.68. The number of ether oxygens (including phenoxy) is 1. The highest BCUT2D eigenvalue weighted by Gasteiger charge is 2.52. The van der Waals surface area contributed by atoms with Crippen molar-refractivity contribution in [3.05, 3.63) is 22.8 Å². The first-order valence-corrected chi connectivity index (χ1v) is 9.66. The van der Waals surface area contributed by atoms with Crippen LogP contribution in [0.5, 0.6) is 0 Å². The van der Waals surface area contributed by atoms with Gasteiger partial charge in [0.1, 0.15) is 11.4 Å². The topological polar surface area (TPSA) is 122 Å². The van der Waals surface area contributed by atoms with Crippen molar-refractivity contribution in [2.45, 2.75) is 72.2 Å². The van der Waals surface area contributed by atoms with Crippen LogP contribution in [-0.4, -0.2) is 41.5 Å². The van der Waals surface area contributed by atoms with Crippen LogP contribution in [0.15, 0.2) is 11.7 Å². The van der Waals surface area contributed by atoms with Crippen LogP contribution in [0.3, 0.4) is 0 Å². The molecule has 1 amide bonds. The minimum absolute atomic E-state index is 0.176. The maximum atomic E-state index is 12.2. The van der Waals surface area contributed by atoms with Crippen molar-refractivity contribution in [2.75, 3.05) is 18.0 Å². The van der Waals surface area contributed by atoms with Crippen molar-refractivity contribution in [1.82, 2.24) is 10.3 Å². The number of aromatic nitrogens is 1. The summed E-state index contributed by atoms with van der Waals surface area (Å²) in [5.74, 6) is 0.281. The van der Waals surface area contributed by atoms with Gasteiger partial charge in [0.15, 0.2) is 0 Å². The summed E-state index contributed by atoms with van der Waals surface area (Å²) in [6, 6.07) is 0. The minimum Gasteiger partial charge on any atom is -0.444 e. The molecule has 1 aromatic heterocycles. The van der Waals surface area contributed by atoms with Crippen molar-refractivity contribution >= 4 is 30.8 Å². The van der Waals surface area contributed by atoms with E-state index < -0.39 is 30.0 Å². The molecule has 8 nitrogen and oxygen atoms in total. The molecule has 1 fully saturated rings. The Balaban J connectivity index is 2.34. The van der Waals surface area contributed by atoms with E-state index in [2.05, 4.69) is 10.3 Å². The van der Waals surface area contributed by atoms with Gasteiger partial charge in [-0.3, -0.25) is 0 Å². The van der Waals surface area contributed by atoms with Crippen LogP contribution in [-0.2, 0) is 14.0 Å². The monoisotopic (exact) mass is 404 g/mol. The summed E-state index contributed by atoms with van der Waals surface area (Å²) in [4.78, 5) is 16.3. The molecule has 0 aliphatic carbocycles. The van der Waals surface area contributed by atoms with E-state index in [1.54, 1.807) is 6.20 Å². The smallest absolute Gasteiger partial charge is 0.444 e. The molecular weight excluding hydrogens is 371 g/mol. The number of carbonyl (C=O) groups is 1.